The van der Waals surface area contributed by atoms with Crippen molar-refractivity contribution in [1.82, 2.24) is 0 Å². The Labute approximate surface area is 123 Å². The molecule has 0 amide bonds. The molecule has 1 saturated heterocycles. The molecule has 0 aromatic rings. The van der Waals surface area contributed by atoms with Crippen LogP contribution in [0.5, 0.6) is 0 Å². The molecule has 1 aliphatic heterocycles. The third-order valence-electron chi connectivity index (χ3n) is 2.29. The highest BCUT2D eigenvalue weighted by Gasteiger charge is 2.45. The summed E-state index contributed by atoms with van der Waals surface area (Å²) in [5.74, 6) is -1.04. The van der Waals surface area contributed by atoms with E-state index in [9.17, 15) is 14.4 Å². The first-order valence-corrected chi connectivity index (χ1v) is 7.55. The smallest absolute Gasteiger partial charge is 0.303 e. The van der Waals surface area contributed by atoms with Gasteiger partial charge in [0.25, 0.3) is 0 Å². The van der Waals surface area contributed by atoms with E-state index in [4.69, 9.17) is 14.2 Å². The van der Waals surface area contributed by atoms with Gasteiger partial charge in [-0.15, -0.1) is 11.8 Å². The molecule has 1 heterocycles. The molecule has 0 unspecified atom stereocenters. The van der Waals surface area contributed by atoms with Crippen LogP contribution in [0.4, 0.5) is 0 Å². The Bertz CT molecular complexity index is 374. The van der Waals surface area contributed by atoms with Gasteiger partial charge in [-0.1, -0.05) is 15.9 Å². The summed E-state index contributed by atoms with van der Waals surface area (Å²) in [4.78, 5) is 33.3. The van der Waals surface area contributed by atoms with Crippen LogP contribution >= 0.6 is 27.7 Å². The van der Waals surface area contributed by atoms with E-state index in [1.165, 1.54) is 32.5 Å². The van der Waals surface area contributed by atoms with Crippen LogP contribution in [-0.4, -0.2) is 46.1 Å². The second-order valence-corrected chi connectivity index (χ2v) is 6.75. The van der Waals surface area contributed by atoms with E-state index < -0.39 is 36.2 Å². The number of hydrogen-bond donors (Lipinski definition) is 0. The minimum absolute atomic E-state index is 0.229. The van der Waals surface area contributed by atoms with Crippen molar-refractivity contribution in [2.45, 2.75) is 43.2 Å². The standard InChI is InChI=1S/C11H15BrO6S/c1-5(13)16-8-4-19-11(12)10(18-7(3)15)9(8)17-6(2)14/h8-11H,4H2,1-3H3/t8-,9-,10-,11+/m1/s1. The minimum Gasteiger partial charge on any atom is -0.458 e. The third-order valence-corrected chi connectivity index (χ3v) is 4.71. The molecule has 0 radical (unpaired) electrons. The van der Waals surface area contributed by atoms with Crippen LogP contribution in [0.25, 0.3) is 0 Å². The van der Waals surface area contributed by atoms with E-state index in [0.717, 1.165) is 0 Å². The van der Waals surface area contributed by atoms with E-state index >= 15 is 0 Å². The summed E-state index contributed by atoms with van der Waals surface area (Å²) < 4.78 is 15.2. The normalized spacial score (nSPS) is 30.3. The van der Waals surface area contributed by atoms with Gasteiger partial charge in [-0.3, -0.25) is 14.4 Å². The lowest BCUT2D eigenvalue weighted by atomic mass is 10.1. The molecule has 0 aromatic heterocycles. The molecule has 0 spiro atoms. The molecule has 1 fully saturated rings. The molecule has 0 bridgehead atoms. The minimum atomic E-state index is -0.809. The lowest BCUT2D eigenvalue weighted by Crippen LogP contribution is -2.52. The summed E-state index contributed by atoms with van der Waals surface area (Å²) >= 11 is 4.78. The van der Waals surface area contributed by atoms with Gasteiger partial charge >= 0.3 is 17.9 Å². The predicted octanol–water partition coefficient (Wildman–Crippen LogP) is 1.25. The first-order chi connectivity index (χ1) is 8.81. The maximum atomic E-state index is 11.2. The summed E-state index contributed by atoms with van der Waals surface area (Å²) in [6.45, 7) is 3.79. The molecular formula is C11H15BrO6S. The first kappa shape index (κ1) is 16.3. The lowest BCUT2D eigenvalue weighted by Gasteiger charge is -2.38. The molecule has 8 heteroatoms. The highest BCUT2D eigenvalue weighted by atomic mass is 79.9. The van der Waals surface area contributed by atoms with Gasteiger partial charge in [-0.05, 0) is 0 Å². The maximum absolute atomic E-state index is 11.2. The number of carbonyl (C=O) groups is 3. The van der Waals surface area contributed by atoms with E-state index in [-0.39, 0.29) is 4.16 Å². The van der Waals surface area contributed by atoms with Crippen molar-refractivity contribution in [2.75, 3.05) is 5.75 Å². The molecule has 4 atom stereocenters. The number of esters is 3. The molecule has 19 heavy (non-hydrogen) atoms. The van der Waals surface area contributed by atoms with Crippen molar-refractivity contribution in [2.24, 2.45) is 0 Å². The number of alkyl halides is 1. The molecule has 0 aromatic carbocycles. The Balaban J connectivity index is 2.89. The summed E-state index contributed by atoms with van der Waals surface area (Å²) in [5, 5.41) is 0. The van der Waals surface area contributed by atoms with E-state index in [2.05, 4.69) is 15.9 Å². The van der Waals surface area contributed by atoms with E-state index in [1.807, 2.05) is 0 Å². The summed E-state index contributed by atoms with van der Waals surface area (Å²) in [5.41, 5.74) is 0. The van der Waals surface area contributed by atoms with Gasteiger partial charge in [0.1, 0.15) is 4.16 Å². The Morgan fingerprint density at radius 3 is 1.89 bits per heavy atom. The van der Waals surface area contributed by atoms with E-state index in [1.54, 1.807) is 0 Å². The van der Waals surface area contributed by atoms with Crippen LogP contribution < -0.4 is 0 Å². The predicted molar refractivity (Wildman–Crippen MR) is 71.8 cm³/mol. The molecule has 0 saturated carbocycles. The topological polar surface area (TPSA) is 78.9 Å². The van der Waals surface area contributed by atoms with Gasteiger partial charge in [-0.2, -0.15) is 0 Å². The zero-order chi connectivity index (χ0) is 14.6. The van der Waals surface area contributed by atoms with Gasteiger partial charge in [0.2, 0.25) is 0 Å². The van der Waals surface area contributed by atoms with Crippen molar-refractivity contribution >= 4 is 45.6 Å². The zero-order valence-corrected chi connectivity index (χ0v) is 13.2. The second-order valence-electron chi connectivity index (χ2n) is 3.98. The van der Waals surface area contributed by atoms with Gasteiger partial charge in [0.15, 0.2) is 18.3 Å². The van der Waals surface area contributed by atoms with Gasteiger partial charge < -0.3 is 14.2 Å². The molecule has 0 N–H and O–H groups in total. The van der Waals surface area contributed by atoms with Gasteiger partial charge in [0, 0.05) is 26.5 Å². The third kappa shape index (κ3) is 5.02. The lowest BCUT2D eigenvalue weighted by molar-refractivity contribution is -0.180. The van der Waals surface area contributed by atoms with Gasteiger partial charge in [-0.25, -0.2) is 0 Å². The van der Waals surface area contributed by atoms with Crippen molar-refractivity contribution in [3.05, 3.63) is 0 Å². The molecular weight excluding hydrogens is 340 g/mol. The molecule has 108 valence electrons. The summed E-state index contributed by atoms with van der Waals surface area (Å²) in [6.07, 6.45) is -2.15. The van der Waals surface area contributed by atoms with Crippen LogP contribution in [0.1, 0.15) is 20.8 Å². The number of carbonyl (C=O) groups excluding carboxylic acids is 3. The number of halogens is 1. The molecule has 1 aliphatic rings. The Kier molecular flexibility index (Phi) is 6.12. The largest absolute Gasteiger partial charge is 0.458 e. The second kappa shape index (κ2) is 7.14. The Morgan fingerprint density at radius 2 is 1.42 bits per heavy atom. The van der Waals surface area contributed by atoms with Crippen molar-refractivity contribution in [3.63, 3.8) is 0 Å². The van der Waals surface area contributed by atoms with Crippen molar-refractivity contribution in [1.29, 1.82) is 0 Å². The first-order valence-electron chi connectivity index (χ1n) is 5.58. The van der Waals surface area contributed by atoms with Crippen LogP contribution in [0.2, 0.25) is 0 Å². The number of hydrogen-bond acceptors (Lipinski definition) is 7. The average Bonchev–Trinajstić information content (AvgIpc) is 2.25. The molecule has 6 nitrogen and oxygen atoms in total. The number of rotatable bonds is 3. The maximum Gasteiger partial charge on any atom is 0.303 e. The molecule has 0 aliphatic carbocycles. The van der Waals surface area contributed by atoms with Crippen molar-refractivity contribution in [3.8, 4) is 0 Å². The highest BCUT2D eigenvalue weighted by molar-refractivity contribution is 9.11. The van der Waals surface area contributed by atoms with Crippen LogP contribution in [0.3, 0.4) is 0 Å². The Morgan fingerprint density at radius 1 is 0.947 bits per heavy atom. The van der Waals surface area contributed by atoms with Crippen LogP contribution in [0.15, 0.2) is 0 Å². The summed E-state index contributed by atoms with van der Waals surface area (Å²) in [7, 11) is 0. The van der Waals surface area contributed by atoms with Crippen LogP contribution in [-0.2, 0) is 28.6 Å². The quantitative estimate of drug-likeness (QED) is 0.428. The van der Waals surface area contributed by atoms with Crippen LogP contribution in [0, 0.1) is 0 Å². The fraction of sp³-hybridized carbons (Fsp3) is 0.727. The highest BCUT2D eigenvalue weighted by Crippen LogP contribution is 2.35. The van der Waals surface area contributed by atoms with E-state index in [0.29, 0.717) is 5.75 Å². The average molecular weight is 355 g/mol. The number of thioether (sulfide) groups is 1. The fourth-order valence-corrected chi connectivity index (χ4v) is 3.60. The fourth-order valence-electron chi connectivity index (χ4n) is 1.70. The Hall–Kier alpha value is -0.760. The zero-order valence-electron chi connectivity index (χ0n) is 10.8. The van der Waals surface area contributed by atoms with Crippen molar-refractivity contribution < 1.29 is 28.6 Å². The summed E-state index contributed by atoms with van der Waals surface area (Å²) in [6, 6.07) is 0. The SMILES string of the molecule is CC(=O)O[C@@H]1[C@H](OC(C)=O)[C@H](OC(C)=O)CS[C@@H]1Br. The monoisotopic (exact) mass is 354 g/mol. The van der Waals surface area contributed by atoms with Gasteiger partial charge in [0.05, 0.1) is 0 Å². The number of ether oxygens (including phenoxy) is 3. The molecule has 1 rings (SSSR count).